The van der Waals surface area contributed by atoms with Gasteiger partial charge in [-0.05, 0) is 31.0 Å². The lowest BCUT2D eigenvalue weighted by Gasteiger charge is -2.10. The third kappa shape index (κ3) is 7.28. The molecule has 0 atom stereocenters. The first-order chi connectivity index (χ1) is 9.17. The number of nitrogens with zero attached hydrogens (tertiary/aromatic N) is 1. The maximum Gasteiger partial charge on any atom is 0.191 e. The van der Waals surface area contributed by atoms with Gasteiger partial charge in [0.05, 0.1) is 11.6 Å². The normalized spacial score (nSPS) is 10.9. The SMILES string of the molecule is CCCCNC(=NCc1ccc(F)c(Cl)c1)NCC.I. The molecule has 0 aliphatic carbocycles. The second-order valence-corrected chi connectivity index (χ2v) is 4.63. The molecule has 3 nitrogen and oxygen atoms in total. The summed E-state index contributed by atoms with van der Waals surface area (Å²) < 4.78 is 13.0. The molecule has 0 heterocycles. The Kier molecular flexibility index (Phi) is 10.8. The third-order valence-corrected chi connectivity index (χ3v) is 2.86. The van der Waals surface area contributed by atoms with E-state index in [-0.39, 0.29) is 29.0 Å². The van der Waals surface area contributed by atoms with Crippen LogP contribution in [-0.2, 0) is 6.54 Å². The first kappa shape index (κ1) is 19.4. The predicted octanol–water partition coefficient (Wildman–Crippen LogP) is 3.95. The van der Waals surface area contributed by atoms with Crippen molar-refractivity contribution in [3.63, 3.8) is 0 Å². The van der Waals surface area contributed by atoms with E-state index in [4.69, 9.17) is 11.6 Å². The van der Waals surface area contributed by atoms with E-state index in [0.717, 1.165) is 37.5 Å². The van der Waals surface area contributed by atoms with Gasteiger partial charge in [-0.2, -0.15) is 0 Å². The van der Waals surface area contributed by atoms with Gasteiger partial charge in [-0.1, -0.05) is 31.0 Å². The Morgan fingerprint density at radius 3 is 2.65 bits per heavy atom. The Bertz CT molecular complexity index is 427. The molecule has 0 amide bonds. The fraction of sp³-hybridized carbons (Fsp3) is 0.500. The van der Waals surface area contributed by atoms with Gasteiger partial charge in [-0.25, -0.2) is 9.38 Å². The Morgan fingerprint density at radius 2 is 2.05 bits per heavy atom. The van der Waals surface area contributed by atoms with Crippen molar-refractivity contribution in [3.05, 3.63) is 34.6 Å². The maximum atomic E-state index is 13.0. The second kappa shape index (κ2) is 11.1. The molecule has 0 fully saturated rings. The second-order valence-electron chi connectivity index (χ2n) is 4.22. The van der Waals surface area contributed by atoms with Gasteiger partial charge in [0.1, 0.15) is 5.82 Å². The van der Waals surface area contributed by atoms with Crippen LogP contribution in [0.5, 0.6) is 0 Å². The minimum atomic E-state index is -0.401. The number of rotatable bonds is 6. The standard InChI is InChI=1S/C14H21ClFN3.HI/c1-3-5-8-18-14(17-4-2)19-10-11-6-7-13(16)12(15)9-11;/h6-7,9H,3-5,8,10H2,1-2H3,(H2,17,18,19);1H. The van der Waals surface area contributed by atoms with Crippen LogP contribution in [0.25, 0.3) is 0 Å². The van der Waals surface area contributed by atoms with Crippen molar-refractivity contribution in [1.29, 1.82) is 0 Å². The molecule has 1 aromatic rings. The van der Waals surface area contributed by atoms with E-state index in [2.05, 4.69) is 22.5 Å². The first-order valence-electron chi connectivity index (χ1n) is 6.63. The summed E-state index contributed by atoms with van der Waals surface area (Å²) in [5.41, 5.74) is 0.888. The molecule has 2 N–H and O–H groups in total. The van der Waals surface area contributed by atoms with Crippen molar-refractivity contribution in [2.24, 2.45) is 4.99 Å². The summed E-state index contributed by atoms with van der Waals surface area (Å²) >= 11 is 5.74. The fourth-order valence-electron chi connectivity index (χ4n) is 1.53. The minimum absolute atomic E-state index is 0. The first-order valence-corrected chi connectivity index (χ1v) is 7.01. The van der Waals surface area contributed by atoms with Crippen LogP contribution in [0.1, 0.15) is 32.3 Å². The number of guanidine groups is 1. The van der Waals surface area contributed by atoms with Crippen LogP contribution >= 0.6 is 35.6 Å². The molecule has 0 aromatic heterocycles. The summed E-state index contributed by atoms with van der Waals surface area (Å²) in [5.74, 6) is 0.374. The highest BCUT2D eigenvalue weighted by molar-refractivity contribution is 14.0. The van der Waals surface area contributed by atoms with Gasteiger partial charge in [-0.3, -0.25) is 0 Å². The van der Waals surface area contributed by atoms with Gasteiger partial charge in [0, 0.05) is 13.1 Å². The van der Waals surface area contributed by atoms with E-state index in [9.17, 15) is 4.39 Å². The molecular weight excluding hydrogens is 392 g/mol. The summed E-state index contributed by atoms with van der Waals surface area (Å²) in [5, 5.41) is 6.56. The van der Waals surface area contributed by atoms with Gasteiger partial charge >= 0.3 is 0 Å². The van der Waals surface area contributed by atoms with Gasteiger partial charge < -0.3 is 10.6 Å². The molecule has 0 saturated carbocycles. The predicted molar refractivity (Wildman–Crippen MR) is 94.6 cm³/mol. The minimum Gasteiger partial charge on any atom is -0.357 e. The molecule has 6 heteroatoms. The maximum absolute atomic E-state index is 13.0. The molecule has 0 unspecified atom stereocenters. The molecular formula is C14H22ClFIN3. The molecule has 0 aliphatic rings. The Morgan fingerprint density at radius 1 is 1.30 bits per heavy atom. The van der Waals surface area contributed by atoms with Crippen molar-refractivity contribution >= 4 is 41.5 Å². The van der Waals surface area contributed by atoms with E-state index in [1.807, 2.05) is 6.92 Å². The van der Waals surface area contributed by atoms with Crippen molar-refractivity contribution < 1.29 is 4.39 Å². The van der Waals surface area contributed by atoms with Crippen LogP contribution in [0.15, 0.2) is 23.2 Å². The van der Waals surface area contributed by atoms with E-state index in [0.29, 0.717) is 6.54 Å². The molecule has 0 aliphatic heterocycles. The monoisotopic (exact) mass is 413 g/mol. The average Bonchev–Trinajstić information content (AvgIpc) is 2.40. The number of benzene rings is 1. The zero-order chi connectivity index (χ0) is 14.1. The number of aliphatic imine (C=N–C) groups is 1. The van der Waals surface area contributed by atoms with Crippen LogP contribution in [0, 0.1) is 5.82 Å². The third-order valence-electron chi connectivity index (χ3n) is 2.57. The highest BCUT2D eigenvalue weighted by Gasteiger charge is 2.01. The van der Waals surface area contributed by atoms with E-state index in [1.54, 1.807) is 12.1 Å². The number of halogens is 3. The van der Waals surface area contributed by atoms with Gasteiger partial charge in [0.25, 0.3) is 0 Å². The molecule has 1 aromatic carbocycles. The van der Waals surface area contributed by atoms with Crippen molar-refractivity contribution in [3.8, 4) is 0 Å². The lowest BCUT2D eigenvalue weighted by molar-refractivity contribution is 0.627. The summed E-state index contributed by atoms with van der Waals surface area (Å²) in [6.45, 7) is 6.34. The van der Waals surface area contributed by atoms with Crippen LogP contribution in [0.2, 0.25) is 5.02 Å². The van der Waals surface area contributed by atoms with Crippen molar-refractivity contribution in [1.82, 2.24) is 10.6 Å². The zero-order valence-corrected chi connectivity index (χ0v) is 15.0. The van der Waals surface area contributed by atoms with Gasteiger partial charge in [0.2, 0.25) is 0 Å². The van der Waals surface area contributed by atoms with Crippen LogP contribution in [0.4, 0.5) is 4.39 Å². The van der Waals surface area contributed by atoms with E-state index < -0.39 is 5.82 Å². The lowest BCUT2D eigenvalue weighted by Crippen LogP contribution is -2.37. The van der Waals surface area contributed by atoms with Gasteiger partial charge in [-0.15, -0.1) is 24.0 Å². The van der Waals surface area contributed by atoms with Crippen molar-refractivity contribution in [2.45, 2.75) is 33.2 Å². The molecule has 1 rings (SSSR count). The molecule has 20 heavy (non-hydrogen) atoms. The summed E-state index contributed by atoms with van der Waals surface area (Å²) in [6, 6.07) is 4.67. The summed E-state index contributed by atoms with van der Waals surface area (Å²) in [7, 11) is 0. The zero-order valence-electron chi connectivity index (χ0n) is 11.9. The number of hydrogen-bond acceptors (Lipinski definition) is 1. The Balaban J connectivity index is 0.00000361. The van der Waals surface area contributed by atoms with Crippen molar-refractivity contribution in [2.75, 3.05) is 13.1 Å². The molecule has 0 bridgehead atoms. The average molecular weight is 414 g/mol. The molecule has 114 valence electrons. The molecule has 0 saturated heterocycles. The van der Waals surface area contributed by atoms with Gasteiger partial charge in [0.15, 0.2) is 5.96 Å². The topological polar surface area (TPSA) is 36.4 Å². The Labute approximate surface area is 142 Å². The smallest absolute Gasteiger partial charge is 0.191 e. The van der Waals surface area contributed by atoms with Crippen LogP contribution < -0.4 is 10.6 Å². The van der Waals surface area contributed by atoms with Crippen LogP contribution in [0.3, 0.4) is 0 Å². The van der Waals surface area contributed by atoms with E-state index >= 15 is 0 Å². The summed E-state index contributed by atoms with van der Waals surface area (Å²) in [6.07, 6.45) is 2.24. The number of nitrogens with one attached hydrogen (secondary N) is 2. The highest BCUT2D eigenvalue weighted by atomic mass is 127. The molecule has 0 spiro atoms. The quantitative estimate of drug-likeness (QED) is 0.321. The van der Waals surface area contributed by atoms with Crippen LogP contribution in [-0.4, -0.2) is 19.0 Å². The largest absolute Gasteiger partial charge is 0.357 e. The molecule has 0 radical (unpaired) electrons. The lowest BCUT2D eigenvalue weighted by atomic mass is 10.2. The Hall–Kier alpha value is -0.560. The fourth-order valence-corrected chi connectivity index (χ4v) is 1.74. The van der Waals surface area contributed by atoms with E-state index in [1.165, 1.54) is 6.07 Å². The highest BCUT2D eigenvalue weighted by Crippen LogP contribution is 2.16. The summed E-state index contributed by atoms with van der Waals surface area (Å²) in [4.78, 5) is 4.44. The number of hydrogen-bond donors (Lipinski definition) is 2. The number of unbranched alkanes of at least 4 members (excludes halogenated alkanes) is 1.